The van der Waals surface area contributed by atoms with E-state index in [1.54, 1.807) is 14.0 Å². The van der Waals surface area contributed by atoms with Crippen molar-refractivity contribution >= 4 is 46.1 Å². The van der Waals surface area contributed by atoms with E-state index < -0.39 is 21.7 Å². The summed E-state index contributed by atoms with van der Waals surface area (Å²) in [6.45, 7) is 12.9. The molecule has 0 heterocycles. The zero-order valence-corrected chi connectivity index (χ0v) is 22.9. The standard InChI is InChI=1S/C19H41N5O4S.HI/c1-9-29(26,27)22-13-10-12-21-17(20-7)24(8)14-11-16(15(2)3)23-18(25)28-19(4,5)6;/h15-16,22H,9-14H2,1-8H3,(H,20,21)(H,23,25);1H. The first-order chi connectivity index (χ1) is 13.3. The number of carbonyl (C=O) groups excluding carboxylic acids is 1. The lowest BCUT2D eigenvalue weighted by molar-refractivity contribution is 0.0485. The van der Waals surface area contributed by atoms with Crippen molar-refractivity contribution in [2.24, 2.45) is 10.9 Å². The maximum absolute atomic E-state index is 12.1. The van der Waals surface area contributed by atoms with Crippen molar-refractivity contribution in [3.05, 3.63) is 0 Å². The Morgan fingerprint density at radius 2 is 1.80 bits per heavy atom. The van der Waals surface area contributed by atoms with Gasteiger partial charge in [-0.15, -0.1) is 24.0 Å². The van der Waals surface area contributed by atoms with Crippen LogP contribution in [0.3, 0.4) is 0 Å². The number of carbonyl (C=O) groups is 1. The minimum atomic E-state index is -3.15. The van der Waals surface area contributed by atoms with Crippen LogP contribution in [-0.2, 0) is 14.8 Å². The predicted octanol–water partition coefficient (Wildman–Crippen LogP) is 2.38. The van der Waals surface area contributed by atoms with Crippen LogP contribution in [0.25, 0.3) is 0 Å². The van der Waals surface area contributed by atoms with Gasteiger partial charge in [-0.2, -0.15) is 0 Å². The van der Waals surface area contributed by atoms with Crippen LogP contribution in [0.4, 0.5) is 4.79 Å². The molecular weight excluding hydrogens is 521 g/mol. The van der Waals surface area contributed by atoms with Gasteiger partial charge in [0.2, 0.25) is 10.0 Å². The Kier molecular flexibility index (Phi) is 15.7. The van der Waals surface area contributed by atoms with Crippen molar-refractivity contribution in [1.29, 1.82) is 0 Å². The molecule has 0 radical (unpaired) electrons. The first-order valence-electron chi connectivity index (χ1n) is 10.2. The van der Waals surface area contributed by atoms with E-state index in [0.717, 1.165) is 12.4 Å². The van der Waals surface area contributed by atoms with Crippen LogP contribution in [0, 0.1) is 5.92 Å². The van der Waals surface area contributed by atoms with Crippen LogP contribution < -0.4 is 15.4 Å². The highest BCUT2D eigenvalue weighted by Gasteiger charge is 2.22. The fraction of sp³-hybridized carbons (Fsp3) is 0.895. The lowest BCUT2D eigenvalue weighted by Crippen LogP contribution is -2.45. The van der Waals surface area contributed by atoms with Gasteiger partial charge in [-0.1, -0.05) is 13.8 Å². The van der Waals surface area contributed by atoms with Crippen molar-refractivity contribution in [2.75, 3.05) is 39.5 Å². The minimum absolute atomic E-state index is 0. The van der Waals surface area contributed by atoms with Crippen LogP contribution >= 0.6 is 24.0 Å². The first-order valence-corrected chi connectivity index (χ1v) is 11.8. The van der Waals surface area contributed by atoms with Crippen LogP contribution in [0.5, 0.6) is 0 Å². The minimum Gasteiger partial charge on any atom is -0.444 e. The Morgan fingerprint density at radius 1 is 1.20 bits per heavy atom. The zero-order chi connectivity index (χ0) is 22.7. The van der Waals surface area contributed by atoms with E-state index in [1.807, 2.05) is 32.7 Å². The number of halogens is 1. The predicted molar refractivity (Wildman–Crippen MR) is 134 cm³/mol. The molecule has 0 spiro atoms. The molecule has 0 aromatic carbocycles. The molecule has 180 valence electrons. The second kappa shape index (κ2) is 15.1. The molecule has 0 fully saturated rings. The number of hydrogen-bond acceptors (Lipinski definition) is 5. The van der Waals surface area contributed by atoms with Gasteiger partial charge in [-0.3, -0.25) is 4.99 Å². The van der Waals surface area contributed by atoms with Gasteiger partial charge in [-0.25, -0.2) is 17.9 Å². The molecule has 11 heteroatoms. The number of hydrogen-bond donors (Lipinski definition) is 3. The van der Waals surface area contributed by atoms with E-state index in [-0.39, 0.29) is 41.7 Å². The second-order valence-corrected chi connectivity index (χ2v) is 10.4. The van der Waals surface area contributed by atoms with E-state index in [2.05, 4.69) is 34.2 Å². The number of amides is 1. The topological polar surface area (TPSA) is 112 Å². The second-order valence-electron chi connectivity index (χ2n) is 8.33. The smallest absolute Gasteiger partial charge is 0.407 e. The summed E-state index contributed by atoms with van der Waals surface area (Å²) < 4.78 is 30.7. The van der Waals surface area contributed by atoms with Gasteiger partial charge in [-0.05, 0) is 46.5 Å². The summed E-state index contributed by atoms with van der Waals surface area (Å²) in [6.07, 6.45) is 0.988. The maximum Gasteiger partial charge on any atom is 0.407 e. The highest BCUT2D eigenvalue weighted by Crippen LogP contribution is 2.11. The molecule has 3 N–H and O–H groups in total. The third-order valence-corrected chi connectivity index (χ3v) is 5.60. The van der Waals surface area contributed by atoms with Crippen LogP contribution in [0.1, 0.15) is 54.4 Å². The number of rotatable bonds is 11. The van der Waals surface area contributed by atoms with Crippen molar-refractivity contribution in [3.63, 3.8) is 0 Å². The third-order valence-electron chi connectivity index (χ3n) is 4.19. The van der Waals surface area contributed by atoms with Gasteiger partial charge in [0, 0.05) is 39.8 Å². The molecule has 0 saturated heterocycles. The molecule has 1 amide bonds. The van der Waals surface area contributed by atoms with E-state index >= 15 is 0 Å². The molecule has 0 aromatic rings. The highest BCUT2D eigenvalue weighted by molar-refractivity contribution is 14.0. The number of aliphatic imine (C=N–C) groups is 1. The Morgan fingerprint density at radius 3 is 2.27 bits per heavy atom. The average Bonchev–Trinajstić information content (AvgIpc) is 2.59. The molecule has 1 unspecified atom stereocenters. The summed E-state index contributed by atoms with van der Waals surface area (Å²) in [7, 11) is 0.483. The highest BCUT2D eigenvalue weighted by atomic mass is 127. The van der Waals surface area contributed by atoms with Gasteiger partial charge in [0.1, 0.15) is 5.60 Å². The summed E-state index contributed by atoms with van der Waals surface area (Å²) in [4.78, 5) is 18.3. The molecular formula is C19H42IN5O4S. The van der Waals surface area contributed by atoms with Crippen molar-refractivity contribution in [3.8, 4) is 0 Å². The van der Waals surface area contributed by atoms with Crippen LogP contribution in [0.2, 0.25) is 0 Å². The first kappa shape index (κ1) is 31.4. The summed E-state index contributed by atoms with van der Waals surface area (Å²) in [5, 5.41) is 6.18. The molecule has 0 aliphatic rings. The monoisotopic (exact) mass is 563 g/mol. The lowest BCUT2D eigenvalue weighted by atomic mass is 10.0. The molecule has 0 bridgehead atoms. The van der Waals surface area contributed by atoms with E-state index in [0.29, 0.717) is 26.1 Å². The molecule has 0 rings (SSSR count). The normalized spacial score (nSPS) is 13.4. The molecule has 0 saturated carbocycles. The lowest BCUT2D eigenvalue weighted by Gasteiger charge is -2.28. The maximum atomic E-state index is 12.1. The van der Waals surface area contributed by atoms with Crippen molar-refractivity contribution < 1.29 is 17.9 Å². The summed E-state index contributed by atoms with van der Waals surface area (Å²) >= 11 is 0. The molecule has 0 aromatic heterocycles. The average molecular weight is 564 g/mol. The van der Waals surface area contributed by atoms with E-state index in [9.17, 15) is 13.2 Å². The fourth-order valence-electron chi connectivity index (χ4n) is 2.47. The number of nitrogens with zero attached hydrogens (tertiary/aromatic N) is 2. The van der Waals surface area contributed by atoms with Crippen molar-refractivity contribution in [1.82, 2.24) is 20.3 Å². The van der Waals surface area contributed by atoms with Crippen molar-refractivity contribution in [2.45, 2.75) is 66.0 Å². The summed E-state index contributed by atoms with van der Waals surface area (Å²) in [5.74, 6) is 1.07. The van der Waals surface area contributed by atoms with Gasteiger partial charge >= 0.3 is 6.09 Å². The molecule has 9 nitrogen and oxygen atoms in total. The van der Waals surface area contributed by atoms with Gasteiger partial charge < -0.3 is 20.3 Å². The molecule has 0 aliphatic carbocycles. The largest absolute Gasteiger partial charge is 0.444 e. The van der Waals surface area contributed by atoms with Gasteiger partial charge in [0.05, 0.1) is 5.75 Å². The summed E-state index contributed by atoms with van der Waals surface area (Å²) in [5.41, 5.74) is -0.528. The number of guanidine groups is 1. The number of nitrogens with one attached hydrogen (secondary N) is 3. The zero-order valence-electron chi connectivity index (χ0n) is 19.7. The molecule has 0 aliphatic heterocycles. The fourth-order valence-corrected chi connectivity index (χ4v) is 3.13. The quantitative estimate of drug-likeness (QED) is 0.154. The van der Waals surface area contributed by atoms with Crippen LogP contribution in [0.15, 0.2) is 4.99 Å². The Labute approximate surface area is 200 Å². The van der Waals surface area contributed by atoms with E-state index in [4.69, 9.17) is 4.74 Å². The Bertz CT molecular complexity index is 621. The van der Waals surface area contributed by atoms with E-state index in [1.165, 1.54) is 0 Å². The number of alkyl carbamates (subject to hydrolysis) is 1. The Balaban J connectivity index is 0. The van der Waals surface area contributed by atoms with Gasteiger partial charge in [0.15, 0.2) is 5.96 Å². The summed E-state index contributed by atoms with van der Waals surface area (Å²) in [6, 6.07) is -0.0196. The SMILES string of the molecule is CCS(=O)(=O)NCCCNC(=NC)N(C)CCC(NC(=O)OC(C)(C)C)C(C)C.I. The molecule has 30 heavy (non-hydrogen) atoms. The van der Waals surface area contributed by atoms with Crippen LogP contribution in [-0.4, -0.2) is 76.5 Å². The Hall–Kier alpha value is -0.820. The number of sulfonamides is 1. The van der Waals surface area contributed by atoms with Gasteiger partial charge in [0.25, 0.3) is 0 Å². The third kappa shape index (κ3) is 15.1. The number of ether oxygens (including phenoxy) is 1. The molecule has 1 atom stereocenters.